The maximum absolute atomic E-state index is 10.2. The molecular weight excluding hydrogens is 168 g/mol. The first kappa shape index (κ1) is 12.2. The van der Waals surface area contributed by atoms with Crippen molar-refractivity contribution in [1.82, 2.24) is 0 Å². The summed E-state index contributed by atoms with van der Waals surface area (Å²) in [6, 6.07) is 0. The monoisotopic (exact) mass is 186 g/mol. The van der Waals surface area contributed by atoms with Crippen LogP contribution in [0.3, 0.4) is 0 Å². The summed E-state index contributed by atoms with van der Waals surface area (Å²) in [6.07, 6.45) is 3.40. The predicted molar refractivity (Wildman–Crippen MR) is 51.5 cm³/mol. The SMILES string of the molecule is CC(C)CC=C(CO)CCC(=O)O. The molecule has 0 radical (unpaired) electrons. The summed E-state index contributed by atoms with van der Waals surface area (Å²) < 4.78 is 0. The fraction of sp³-hybridized carbons (Fsp3) is 0.700. The molecule has 3 heteroatoms. The first-order valence-electron chi connectivity index (χ1n) is 4.56. The fourth-order valence-electron chi connectivity index (χ4n) is 0.916. The third-order valence-electron chi connectivity index (χ3n) is 1.74. The van der Waals surface area contributed by atoms with E-state index in [1.807, 2.05) is 6.08 Å². The second-order valence-corrected chi connectivity index (χ2v) is 3.54. The number of rotatable bonds is 6. The van der Waals surface area contributed by atoms with Crippen molar-refractivity contribution in [3.8, 4) is 0 Å². The summed E-state index contributed by atoms with van der Waals surface area (Å²) in [4.78, 5) is 10.2. The highest BCUT2D eigenvalue weighted by Crippen LogP contribution is 2.09. The summed E-state index contributed by atoms with van der Waals surface area (Å²) in [5, 5.41) is 17.3. The summed E-state index contributed by atoms with van der Waals surface area (Å²) in [6.45, 7) is 4.14. The maximum Gasteiger partial charge on any atom is 0.303 e. The number of allylic oxidation sites excluding steroid dienone is 1. The topological polar surface area (TPSA) is 57.5 Å². The van der Waals surface area contributed by atoms with Gasteiger partial charge in [-0.15, -0.1) is 0 Å². The van der Waals surface area contributed by atoms with Gasteiger partial charge in [0.05, 0.1) is 6.61 Å². The first-order valence-corrected chi connectivity index (χ1v) is 4.56. The van der Waals surface area contributed by atoms with Crippen molar-refractivity contribution in [2.75, 3.05) is 6.61 Å². The van der Waals surface area contributed by atoms with Crippen molar-refractivity contribution >= 4 is 5.97 Å². The van der Waals surface area contributed by atoms with Gasteiger partial charge in [-0.1, -0.05) is 19.9 Å². The smallest absolute Gasteiger partial charge is 0.303 e. The van der Waals surface area contributed by atoms with Gasteiger partial charge in [0.25, 0.3) is 0 Å². The zero-order valence-corrected chi connectivity index (χ0v) is 8.29. The molecule has 0 heterocycles. The van der Waals surface area contributed by atoms with Gasteiger partial charge in [0, 0.05) is 6.42 Å². The molecule has 0 spiro atoms. The van der Waals surface area contributed by atoms with Crippen LogP contribution in [0.25, 0.3) is 0 Å². The summed E-state index contributed by atoms with van der Waals surface area (Å²) in [5.41, 5.74) is 0.830. The van der Waals surface area contributed by atoms with Gasteiger partial charge >= 0.3 is 5.97 Å². The minimum Gasteiger partial charge on any atom is -0.481 e. The van der Waals surface area contributed by atoms with Crippen LogP contribution >= 0.6 is 0 Å². The number of hydrogen-bond donors (Lipinski definition) is 2. The van der Waals surface area contributed by atoms with Gasteiger partial charge in [0.1, 0.15) is 0 Å². The van der Waals surface area contributed by atoms with E-state index in [-0.39, 0.29) is 13.0 Å². The van der Waals surface area contributed by atoms with E-state index in [0.717, 1.165) is 12.0 Å². The molecule has 0 aliphatic heterocycles. The van der Waals surface area contributed by atoms with E-state index in [4.69, 9.17) is 10.2 Å². The predicted octanol–water partition coefficient (Wildman–Crippen LogP) is 1.82. The molecule has 0 rings (SSSR count). The van der Waals surface area contributed by atoms with Crippen LogP contribution in [0.4, 0.5) is 0 Å². The third kappa shape index (κ3) is 7.53. The van der Waals surface area contributed by atoms with Crippen LogP contribution in [0.1, 0.15) is 33.1 Å². The Kier molecular flexibility index (Phi) is 6.24. The molecule has 0 saturated heterocycles. The van der Waals surface area contributed by atoms with Crippen LogP contribution in [-0.2, 0) is 4.79 Å². The summed E-state index contributed by atoms with van der Waals surface area (Å²) in [5.74, 6) is -0.268. The molecular formula is C10H18O3. The quantitative estimate of drug-likeness (QED) is 0.622. The number of carbonyl (C=O) groups is 1. The van der Waals surface area contributed by atoms with Crippen LogP contribution in [0.5, 0.6) is 0 Å². The molecule has 2 N–H and O–H groups in total. The second-order valence-electron chi connectivity index (χ2n) is 3.54. The molecule has 76 valence electrons. The lowest BCUT2D eigenvalue weighted by Crippen LogP contribution is -1.99. The number of aliphatic carboxylic acids is 1. The molecule has 0 aromatic rings. The lowest BCUT2D eigenvalue weighted by Gasteiger charge is -2.03. The van der Waals surface area contributed by atoms with E-state index in [1.54, 1.807) is 0 Å². The highest BCUT2D eigenvalue weighted by atomic mass is 16.4. The zero-order chi connectivity index (χ0) is 10.3. The van der Waals surface area contributed by atoms with Crippen LogP contribution < -0.4 is 0 Å². The Morgan fingerprint density at radius 2 is 2.00 bits per heavy atom. The van der Waals surface area contributed by atoms with Gasteiger partial charge in [-0.3, -0.25) is 4.79 Å². The molecule has 0 saturated carbocycles. The number of hydrogen-bond acceptors (Lipinski definition) is 2. The van der Waals surface area contributed by atoms with E-state index in [9.17, 15) is 4.79 Å². The minimum atomic E-state index is -0.816. The van der Waals surface area contributed by atoms with Crippen LogP contribution in [0, 0.1) is 5.92 Å². The Hall–Kier alpha value is -0.830. The molecule has 0 aliphatic rings. The number of carboxylic acids is 1. The Morgan fingerprint density at radius 1 is 1.38 bits per heavy atom. The van der Waals surface area contributed by atoms with E-state index < -0.39 is 5.97 Å². The van der Waals surface area contributed by atoms with Crippen molar-refractivity contribution in [3.05, 3.63) is 11.6 Å². The van der Waals surface area contributed by atoms with Gasteiger partial charge < -0.3 is 10.2 Å². The molecule has 13 heavy (non-hydrogen) atoms. The largest absolute Gasteiger partial charge is 0.481 e. The molecule has 3 nitrogen and oxygen atoms in total. The van der Waals surface area contributed by atoms with E-state index >= 15 is 0 Å². The van der Waals surface area contributed by atoms with Crippen molar-refractivity contribution in [3.63, 3.8) is 0 Å². The normalized spacial score (nSPS) is 12.2. The molecule has 0 fully saturated rings. The molecule has 0 aromatic carbocycles. The molecule has 0 amide bonds. The van der Waals surface area contributed by atoms with Crippen molar-refractivity contribution in [2.24, 2.45) is 5.92 Å². The Balaban J connectivity index is 3.87. The van der Waals surface area contributed by atoms with Crippen LogP contribution in [-0.4, -0.2) is 22.8 Å². The number of aliphatic hydroxyl groups excluding tert-OH is 1. The van der Waals surface area contributed by atoms with Gasteiger partial charge in [0.2, 0.25) is 0 Å². The van der Waals surface area contributed by atoms with Gasteiger partial charge in [-0.2, -0.15) is 0 Å². The Bertz CT molecular complexity index is 183. The fourth-order valence-corrected chi connectivity index (χ4v) is 0.916. The highest BCUT2D eigenvalue weighted by Gasteiger charge is 2.01. The zero-order valence-electron chi connectivity index (χ0n) is 8.29. The highest BCUT2D eigenvalue weighted by molar-refractivity contribution is 5.67. The number of aliphatic hydroxyl groups is 1. The summed E-state index contributed by atoms with van der Waals surface area (Å²) >= 11 is 0. The van der Waals surface area contributed by atoms with Crippen LogP contribution in [0.2, 0.25) is 0 Å². The standard InChI is InChI=1S/C10H18O3/c1-8(2)3-4-9(7-11)5-6-10(12)13/h4,8,11H,3,5-7H2,1-2H3,(H,12,13). The Labute approximate surface area is 79.1 Å². The second kappa shape index (κ2) is 6.66. The van der Waals surface area contributed by atoms with E-state index in [1.165, 1.54) is 0 Å². The lowest BCUT2D eigenvalue weighted by atomic mass is 10.1. The average molecular weight is 186 g/mol. The molecule has 0 unspecified atom stereocenters. The third-order valence-corrected chi connectivity index (χ3v) is 1.74. The maximum atomic E-state index is 10.2. The van der Waals surface area contributed by atoms with Crippen molar-refractivity contribution in [2.45, 2.75) is 33.1 Å². The number of carboxylic acid groups (broad SMARTS) is 1. The minimum absolute atomic E-state index is 0.0278. The van der Waals surface area contributed by atoms with Gasteiger partial charge in [-0.25, -0.2) is 0 Å². The average Bonchev–Trinajstić information content (AvgIpc) is 2.04. The molecule has 0 atom stereocenters. The van der Waals surface area contributed by atoms with Crippen LogP contribution in [0.15, 0.2) is 11.6 Å². The van der Waals surface area contributed by atoms with Crippen molar-refractivity contribution < 1.29 is 15.0 Å². The van der Waals surface area contributed by atoms with Gasteiger partial charge in [0.15, 0.2) is 0 Å². The van der Waals surface area contributed by atoms with E-state index in [0.29, 0.717) is 12.3 Å². The van der Waals surface area contributed by atoms with Gasteiger partial charge in [-0.05, 0) is 24.3 Å². The lowest BCUT2D eigenvalue weighted by molar-refractivity contribution is -0.136. The summed E-state index contributed by atoms with van der Waals surface area (Å²) in [7, 11) is 0. The molecule has 0 aromatic heterocycles. The Morgan fingerprint density at radius 3 is 2.38 bits per heavy atom. The van der Waals surface area contributed by atoms with E-state index in [2.05, 4.69) is 13.8 Å². The van der Waals surface area contributed by atoms with Crippen molar-refractivity contribution in [1.29, 1.82) is 0 Å². The molecule has 0 bridgehead atoms. The first-order chi connectivity index (χ1) is 6.06. The molecule has 0 aliphatic carbocycles.